The minimum atomic E-state index is 0.212. The third-order valence-corrected chi connectivity index (χ3v) is 4.48. The molecule has 112 valence electrons. The third kappa shape index (κ3) is 3.49. The van der Waals surface area contributed by atoms with Crippen molar-refractivity contribution in [1.29, 1.82) is 0 Å². The van der Waals surface area contributed by atoms with E-state index in [1.807, 2.05) is 6.07 Å². The first kappa shape index (κ1) is 15.7. The molecule has 1 aromatic carbocycles. The Morgan fingerprint density at radius 3 is 2.65 bits per heavy atom. The average molecular weight is 294 g/mol. The van der Waals surface area contributed by atoms with Gasteiger partial charge in [-0.3, -0.25) is 0 Å². The number of hydrogen-bond acceptors (Lipinski definition) is 1. The second-order valence-corrected chi connectivity index (χ2v) is 8.26. The lowest BCUT2D eigenvalue weighted by atomic mass is 9.65. The predicted molar refractivity (Wildman–Crippen MR) is 89.8 cm³/mol. The fraction of sp³-hybridized carbons (Fsp3) is 0.667. The highest BCUT2D eigenvalue weighted by atomic mass is 35.5. The van der Waals surface area contributed by atoms with Gasteiger partial charge in [-0.1, -0.05) is 52.6 Å². The molecule has 2 atom stereocenters. The number of nitrogens with one attached hydrogen (secondary N) is 1. The van der Waals surface area contributed by atoms with E-state index in [0.29, 0.717) is 11.5 Å². The van der Waals surface area contributed by atoms with Gasteiger partial charge in [-0.2, -0.15) is 0 Å². The van der Waals surface area contributed by atoms with Crippen LogP contribution in [0.25, 0.3) is 0 Å². The highest BCUT2D eigenvalue weighted by molar-refractivity contribution is 6.30. The van der Waals surface area contributed by atoms with Gasteiger partial charge in [0, 0.05) is 16.8 Å². The first-order chi connectivity index (χ1) is 9.23. The molecule has 0 spiro atoms. The van der Waals surface area contributed by atoms with Gasteiger partial charge in [0.2, 0.25) is 0 Å². The van der Waals surface area contributed by atoms with Crippen molar-refractivity contribution in [3.05, 3.63) is 28.8 Å². The molecule has 2 heteroatoms. The van der Waals surface area contributed by atoms with Crippen molar-refractivity contribution < 1.29 is 0 Å². The maximum absolute atomic E-state index is 6.24. The summed E-state index contributed by atoms with van der Waals surface area (Å²) in [6.45, 7) is 11.7. The highest BCUT2D eigenvalue weighted by Gasteiger charge is 2.38. The molecule has 1 nitrogen and oxygen atoms in total. The Bertz CT molecular complexity index is 475. The highest BCUT2D eigenvalue weighted by Crippen LogP contribution is 2.47. The number of anilines is 1. The van der Waals surface area contributed by atoms with Crippen LogP contribution in [0, 0.1) is 5.41 Å². The number of halogens is 1. The molecule has 0 fully saturated rings. The molecule has 0 amide bonds. The monoisotopic (exact) mass is 293 g/mol. The van der Waals surface area contributed by atoms with E-state index in [9.17, 15) is 0 Å². The van der Waals surface area contributed by atoms with Gasteiger partial charge in [0.05, 0.1) is 0 Å². The van der Waals surface area contributed by atoms with E-state index in [2.05, 4.69) is 52.1 Å². The molecule has 20 heavy (non-hydrogen) atoms. The zero-order valence-electron chi connectivity index (χ0n) is 13.5. The van der Waals surface area contributed by atoms with Gasteiger partial charge in [0.15, 0.2) is 0 Å². The van der Waals surface area contributed by atoms with Crippen LogP contribution in [0.2, 0.25) is 5.02 Å². The third-order valence-electron chi connectivity index (χ3n) is 4.25. The summed E-state index contributed by atoms with van der Waals surface area (Å²) in [7, 11) is 0. The van der Waals surface area contributed by atoms with Gasteiger partial charge < -0.3 is 5.32 Å². The molecule has 1 aromatic rings. The molecule has 0 saturated carbocycles. The molecule has 1 aliphatic heterocycles. The van der Waals surface area contributed by atoms with E-state index in [0.717, 1.165) is 5.02 Å². The quantitative estimate of drug-likeness (QED) is 0.718. The topological polar surface area (TPSA) is 12.0 Å². The van der Waals surface area contributed by atoms with Gasteiger partial charge in [0.1, 0.15) is 0 Å². The Balaban J connectivity index is 2.41. The molecular formula is C18H28ClN. The van der Waals surface area contributed by atoms with Crippen LogP contribution >= 0.6 is 11.6 Å². The lowest BCUT2D eigenvalue weighted by Crippen LogP contribution is -2.40. The Morgan fingerprint density at radius 1 is 1.35 bits per heavy atom. The van der Waals surface area contributed by atoms with E-state index in [4.69, 9.17) is 11.6 Å². The van der Waals surface area contributed by atoms with Crippen LogP contribution in [0.1, 0.15) is 65.9 Å². The molecule has 1 aliphatic rings. The van der Waals surface area contributed by atoms with Crippen molar-refractivity contribution in [2.75, 3.05) is 5.32 Å². The summed E-state index contributed by atoms with van der Waals surface area (Å²) in [5, 5.41) is 4.55. The minimum Gasteiger partial charge on any atom is -0.382 e. The van der Waals surface area contributed by atoms with Crippen molar-refractivity contribution in [3.8, 4) is 0 Å². The van der Waals surface area contributed by atoms with E-state index >= 15 is 0 Å². The molecule has 0 aliphatic carbocycles. The normalized spacial score (nSPS) is 26.0. The summed E-state index contributed by atoms with van der Waals surface area (Å²) >= 11 is 6.24. The molecular weight excluding hydrogens is 266 g/mol. The van der Waals surface area contributed by atoms with Gasteiger partial charge in [-0.25, -0.2) is 0 Å². The van der Waals surface area contributed by atoms with E-state index < -0.39 is 0 Å². The van der Waals surface area contributed by atoms with Crippen LogP contribution in [-0.4, -0.2) is 6.04 Å². The van der Waals surface area contributed by atoms with Crippen LogP contribution in [0.15, 0.2) is 18.2 Å². The largest absolute Gasteiger partial charge is 0.382 e. The second kappa shape index (κ2) is 5.60. The van der Waals surface area contributed by atoms with E-state index in [1.54, 1.807) is 0 Å². The second-order valence-electron chi connectivity index (χ2n) is 7.82. The van der Waals surface area contributed by atoms with Crippen LogP contribution in [0.5, 0.6) is 0 Å². The summed E-state index contributed by atoms with van der Waals surface area (Å²) in [5.41, 5.74) is 3.21. The number of fused-ring (bicyclic) bond motifs is 1. The number of rotatable bonds is 3. The summed E-state index contributed by atoms with van der Waals surface area (Å²) in [6, 6.07) is 6.90. The molecule has 2 rings (SSSR count). The lowest BCUT2D eigenvalue weighted by Gasteiger charge is -2.44. The first-order valence-corrected chi connectivity index (χ1v) is 8.18. The maximum Gasteiger partial charge on any atom is 0.0410 e. The van der Waals surface area contributed by atoms with E-state index in [1.165, 1.54) is 36.9 Å². The van der Waals surface area contributed by atoms with Crippen molar-refractivity contribution in [2.45, 2.75) is 71.8 Å². The molecule has 2 unspecified atom stereocenters. The minimum absolute atomic E-state index is 0.212. The summed E-state index contributed by atoms with van der Waals surface area (Å²) in [4.78, 5) is 0. The Hall–Kier alpha value is -0.690. The Kier molecular flexibility index (Phi) is 4.39. The van der Waals surface area contributed by atoms with Crippen molar-refractivity contribution in [3.63, 3.8) is 0 Å². The van der Waals surface area contributed by atoms with Crippen LogP contribution in [0.4, 0.5) is 5.69 Å². The fourth-order valence-electron chi connectivity index (χ4n) is 3.93. The Labute approximate surface area is 129 Å². The summed E-state index contributed by atoms with van der Waals surface area (Å²) in [6.07, 6.45) is 4.86. The first-order valence-electron chi connectivity index (χ1n) is 7.80. The van der Waals surface area contributed by atoms with Gasteiger partial charge in [-0.05, 0) is 53.9 Å². The molecule has 0 radical (unpaired) electrons. The van der Waals surface area contributed by atoms with Gasteiger partial charge in [0.25, 0.3) is 0 Å². The molecule has 0 aromatic heterocycles. The smallest absolute Gasteiger partial charge is 0.0410 e. The number of benzene rings is 1. The van der Waals surface area contributed by atoms with Crippen molar-refractivity contribution in [2.24, 2.45) is 5.41 Å². The summed E-state index contributed by atoms with van der Waals surface area (Å²) < 4.78 is 0. The fourth-order valence-corrected chi connectivity index (χ4v) is 4.10. The molecule has 1 heterocycles. The lowest BCUT2D eigenvalue weighted by molar-refractivity contribution is 0.239. The predicted octanol–water partition coefficient (Wildman–Crippen LogP) is 6.02. The Morgan fingerprint density at radius 2 is 2.05 bits per heavy atom. The standard InChI is InChI=1S/C18H28ClN/c1-6-7-14-11-18(5,12-17(2,3)4)15-10-13(19)8-9-16(15)20-14/h8-10,14,20H,6-7,11-12H2,1-5H3. The molecule has 0 saturated heterocycles. The SMILES string of the molecule is CCCC1CC(C)(CC(C)(C)C)c2cc(Cl)ccc2N1. The van der Waals surface area contributed by atoms with Crippen LogP contribution < -0.4 is 5.32 Å². The number of hydrogen-bond donors (Lipinski definition) is 1. The van der Waals surface area contributed by atoms with Crippen LogP contribution in [-0.2, 0) is 5.41 Å². The zero-order chi connectivity index (χ0) is 15.0. The summed E-state index contributed by atoms with van der Waals surface area (Å²) in [5.74, 6) is 0. The molecule has 0 bridgehead atoms. The average Bonchev–Trinajstić information content (AvgIpc) is 2.28. The van der Waals surface area contributed by atoms with Crippen molar-refractivity contribution in [1.82, 2.24) is 0 Å². The zero-order valence-corrected chi connectivity index (χ0v) is 14.3. The van der Waals surface area contributed by atoms with E-state index in [-0.39, 0.29) is 5.41 Å². The maximum atomic E-state index is 6.24. The van der Waals surface area contributed by atoms with Crippen LogP contribution in [0.3, 0.4) is 0 Å². The van der Waals surface area contributed by atoms with Crippen molar-refractivity contribution >= 4 is 17.3 Å². The van der Waals surface area contributed by atoms with Gasteiger partial charge in [-0.15, -0.1) is 0 Å². The van der Waals surface area contributed by atoms with Gasteiger partial charge >= 0.3 is 0 Å². The molecule has 1 N–H and O–H groups in total.